The summed E-state index contributed by atoms with van der Waals surface area (Å²) in [7, 11) is 0. The maximum Gasteiger partial charge on any atom is 0.334 e. The lowest BCUT2D eigenvalue weighted by atomic mass is 9.99. The Bertz CT molecular complexity index is 1340. The maximum atomic E-state index is 13.2. The summed E-state index contributed by atoms with van der Waals surface area (Å²) >= 11 is 6.03. The topological polar surface area (TPSA) is 64.2 Å². The largest absolute Gasteiger partial charge is 0.494 e. The van der Waals surface area contributed by atoms with Crippen molar-refractivity contribution >= 4 is 22.4 Å². The quantitative estimate of drug-likeness (QED) is 0.521. The van der Waals surface area contributed by atoms with E-state index in [-0.39, 0.29) is 12.4 Å². The monoisotopic (exact) mass is 420 g/mol. The van der Waals surface area contributed by atoms with Crippen molar-refractivity contribution < 1.29 is 5.11 Å². The molecule has 0 saturated carbocycles. The number of rotatable bonds is 5. The summed E-state index contributed by atoms with van der Waals surface area (Å²) in [5.41, 5.74) is 0.743. The van der Waals surface area contributed by atoms with Crippen LogP contribution in [0.25, 0.3) is 10.8 Å². The molecule has 0 aliphatic carbocycles. The third-order valence-corrected chi connectivity index (χ3v) is 5.61. The van der Waals surface area contributed by atoms with Crippen molar-refractivity contribution in [2.45, 2.75) is 25.9 Å². The number of nitrogens with zero attached hydrogens (tertiary/aromatic N) is 2. The fourth-order valence-electron chi connectivity index (χ4n) is 3.83. The van der Waals surface area contributed by atoms with Gasteiger partial charge in [0.25, 0.3) is 5.56 Å². The van der Waals surface area contributed by atoms with Crippen LogP contribution >= 0.6 is 11.6 Å². The molecule has 4 rings (SSSR count). The van der Waals surface area contributed by atoms with Crippen LogP contribution in [-0.2, 0) is 13.0 Å². The zero-order valence-corrected chi connectivity index (χ0v) is 17.2. The second-order valence-electron chi connectivity index (χ2n) is 7.27. The molecular weight excluding hydrogens is 400 g/mol. The van der Waals surface area contributed by atoms with Gasteiger partial charge in [-0.3, -0.25) is 13.9 Å². The van der Waals surface area contributed by atoms with E-state index < -0.39 is 17.3 Å². The molecule has 5 nitrogen and oxygen atoms in total. The molecule has 1 atom stereocenters. The highest BCUT2D eigenvalue weighted by Crippen LogP contribution is 2.25. The van der Waals surface area contributed by atoms with Gasteiger partial charge < -0.3 is 5.11 Å². The van der Waals surface area contributed by atoms with E-state index in [1.807, 2.05) is 67.6 Å². The van der Waals surface area contributed by atoms with Crippen molar-refractivity contribution in [3.63, 3.8) is 0 Å². The van der Waals surface area contributed by atoms with E-state index in [1.54, 1.807) is 6.07 Å². The standard InChI is InChI=1S/C24H21ClN2O3/c1-16(20-11-5-8-18-7-2-3-10-21(18)20)27-23(29)15-22(28)26(24(27)30)13-12-17-6-4-9-19(25)14-17/h2-11,14-16,28H,12-13H2,1H3/t16-/m1/s1. The lowest BCUT2D eigenvalue weighted by molar-refractivity contribution is 0.385. The van der Waals surface area contributed by atoms with Crippen molar-refractivity contribution in [3.05, 3.63) is 110 Å². The molecule has 0 bridgehead atoms. The predicted octanol–water partition coefficient (Wildman–Crippen LogP) is 4.37. The van der Waals surface area contributed by atoms with Crippen LogP contribution in [0.3, 0.4) is 0 Å². The van der Waals surface area contributed by atoms with E-state index in [0.29, 0.717) is 11.4 Å². The molecule has 30 heavy (non-hydrogen) atoms. The number of aromatic hydroxyl groups is 1. The lowest BCUT2D eigenvalue weighted by Gasteiger charge is -2.19. The molecule has 152 valence electrons. The van der Waals surface area contributed by atoms with Crippen LogP contribution in [0.15, 0.2) is 82.4 Å². The Morgan fingerprint density at radius 1 is 0.967 bits per heavy atom. The molecule has 0 radical (unpaired) electrons. The minimum absolute atomic E-state index is 0.230. The first-order valence-corrected chi connectivity index (χ1v) is 10.1. The first kappa shape index (κ1) is 20.0. The molecule has 0 saturated heterocycles. The van der Waals surface area contributed by atoms with Gasteiger partial charge in [-0.25, -0.2) is 4.79 Å². The molecule has 6 heteroatoms. The summed E-state index contributed by atoms with van der Waals surface area (Å²) in [4.78, 5) is 25.8. The van der Waals surface area contributed by atoms with Gasteiger partial charge in [-0.1, -0.05) is 66.2 Å². The molecule has 3 aromatic carbocycles. The minimum atomic E-state index is -0.539. The molecule has 1 aromatic heterocycles. The highest BCUT2D eigenvalue weighted by Gasteiger charge is 2.18. The average Bonchev–Trinajstić information content (AvgIpc) is 2.73. The van der Waals surface area contributed by atoms with Crippen molar-refractivity contribution in [1.82, 2.24) is 9.13 Å². The number of halogens is 1. The van der Waals surface area contributed by atoms with Crippen molar-refractivity contribution in [2.75, 3.05) is 0 Å². The van der Waals surface area contributed by atoms with Gasteiger partial charge in [-0.2, -0.15) is 0 Å². The van der Waals surface area contributed by atoms with Gasteiger partial charge in [-0.15, -0.1) is 0 Å². The molecule has 0 spiro atoms. The number of benzene rings is 3. The number of hydrogen-bond donors (Lipinski definition) is 1. The maximum absolute atomic E-state index is 13.2. The van der Waals surface area contributed by atoms with Gasteiger partial charge in [0, 0.05) is 11.6 Å². The summed E-state index contributed by atoms with van der Waals surface area (Å²) in [6, 6.07) is 21.6. The molecule has 0 amide bonds. The summed E-state index contributed by atoms with van der Waals surface area (Å²) in [6.07, 6.45) is 0.495. The zero-order valence-electron chi connectivity index (χ0n) is 16.5. The molecule has 0 unspecified atom stereocenters. The van der Waals surface area contributed by atoms with Crippen molar-refractivity contribution in [3.8, 4) is 5.88 Å². The van der Waals surface area contributed by atoms with E-state index in [0.717, 1.165) is 28.0 Å². The van der Waals surface area contributed by atoms with Crippen LogP contribution < -0.4 is 11.2 Å². The molecule has 4 aromatic rings. The molecule has 0 aliphatic heterocycles. The minimum Gasteiger partial charge on any atom is -0.494 e. The van der Waals surface area contributed by atoms with Crippen LogP contribution in [0.5, 0.6) is 5.88 Å². The number of aromatic nitrogens is 2. The Kier molecular flexibility index (Phi) is 5.46. The van der Waals surface area contributed by atoms with Crippen LogP contribution in [0, 0.1) is 0 Å². The smallest absolute Gasteiger partial charge is 0.334 e. The third kappa shape index (κ3) is 3.76. The predicted molar refractivity (Wildman–Crippen MR) is 120 cm³/mol. The molecular formula is C24H21ClN2O3. The first-order valence-electron chi connectivity index (χ1n) is 9.73. The molecule has 0 aliphatic rings. The second-order valence-corrected chi connectivity index (χ2v) is 7.71. The molecule has 0 fully saturated rings. The van der Waals surface area contributed by atoms with Crippen LogP contribution in [0.2, 0.25) is 5.02 Å². The highest BCUT2D eigenvalue weighted by atomic mass is 35.5. The van der Waals surface area contributed by atoms with Gasteiger partial charge in [0.1, 0.15) is 0 Å². The molecule has 1 heterocycles. The van der Waals surface area contributed by atoms with E-state index in [2.05, 4.69) is 0 Å². The second kappa shape index (κ2) is 8.20. The lowest BCUT2D eigenvalue weighted by Crippen LogP contribution is -2.41. The van der Waals surface area contributed by atoms with E-state index in [1.165, 1.54) is 9.13 Å². The number of hydrogen-bond acceptors (Lipinski definition) is 3. The number of fused-ring (bicyclic) bond motifs is 1. The van der Waals surface area contributed by atoms with Gasteiger partial charge in [0.15, 0.2) is 0 Å². The van der Waals surface area contributed by atoms with E-state index in [9.17, 15) is 14.7 Å². The zero-order chi connectivity index (χ0) is 21.3. The van der Waals surface area contributed by atoms with Crippen molar-refractivity contribution in [1.29, 1.82) is 0 Å². The van der Waals surface area contributed by atoms with Crippen LogP contribution in [0.1, 0.15) is 24.1 Å². The molecule has 1 N–H and O–H groups in total. The Labute approximate surface area is 178 Å². The number of aryl methyl sites for hydroxylation is 1. The van der Waals surface area contributed by atoms with E-state index >= 15 is 0 Å². The summed E-state index contributed by atoms with van der Waals surface area (Å²) in [5.74, 6) is -0.339. The van der Waals surface area contributed by atoms with Gasteiger partial charge in [0.05, 0.1) is 12.1 Å². The van der Waals surface area contributed by atoms with Crippen molar-refractivity contribution in [2.24, 2.45) is 0 Å². The highest BCUT2D eigenvalue weighted by molar-refractivity contribution is 6.30. The van der Waals surface area contributed by atoms with Crippen LogP contribution in [-0.4, -0.2) is 14.2 Å². The Hall–Kier alpha value is -3.31. The Morgan fingerprint density at radius 2 is 1.70 bits per heavy atom. The third-order valence-electron chi connectivity index (χ3n) is 5.38. The SMILES string of the molecule is C[C@H](c1cccc2ccccc12)n1c(=O)cc(O)n(CCc2cccc(Cl)c2)c1=O. The van der Waals surface area contributed by atoms with Gasteiger partial charge >= 0.3 is 5.69 Å². The Balaban J connectivity index is 1.76. The van der Waals surface area contributed by atoms with E-state index in [4.69, 9.17) is 11.6 Å². The van der Waals surface area contributed by atoms with Gasteiger partial charge in [-0.05, 0) is 47.4 Å². The normalized spacial score (nSPS) is 12.2. The summed E-state index contributed by atoms with van der Waals surface area (Å²) in [5, 5.41) is 12.9. The van der Waals surface area contributed by atoms with Crippen LogP contribution in [0.4, 0.5) is 0 Å². The summed E-state index contributed by atoms with van der Waals surface area (Å²) in [6.45, 7) is 2.05. The average molecular weight is 421 g/mol. The fraction of sp³-hybridized carbons (Fsp3) is 0.167. The Morgan fingerprint density at radius 3 is 2.50 bits per heavy atom. The fourth-order valence-corrected chi connectivity index (χ4v) is 4.05. The summed E-state index contributed by atoms with van der Waals surface area (Å²) < 4.78 is 2.42. The first-order chi connectivity index (χ1) is 14.5. The van der Waals surface area contributed by atoms with Gasteiger partial charge in [0.2, 0.25) is 5.88 Å².